The maximum absolute atomic E-state index is 11.4. The van der Waals surface area contributed by atoms with Crippen LogP contribution in [0.25, 0.3) is 6.08 Å². The van der Waals surface area contributed by atoms with Crippen LogP contribution in [0.15, 0.2) is 47.1 Å². The topological polar surface area (TPSA) is 77.8 Å². The van der Waals surface area contributed by atoms with E-state index in [9.17, 15) is 20.1 Å². The Labute approximate surface area is 137 Å². The number of carboxylic acids is 1. The van der Waals surface area contributed by atoms with Crippen LogP contribution in [-0.2, 0) is 4.79 Å². The van der Waals surface area contributed by atoms with Crippen molar-refractivity contribution in [1.29, 1.82) is 0 Å². The van der Waals surface area contributed by atoms with Gasteiger partial charge in [0, 0.05) is 5.57 Å². The molecule has 0 aliphatic heterocycles. The van der Waals surface area contributed by atoms with Gasteiger partial charge < -0.3 is 15.3 Å². The molecule has 0 saturated heterocycles. The van der Waals surface area contributed by atoms with Gasteiger partial charge >= 0.3 is 5.97 Å². The highest BCUT2D eigenvalue weighted by Gasteiger charge is 2.07. The molecule has 0 aliphatic carbocycles. The molecule has 4 nitrogen and oxygen atoms in total. The van der Waals surface area contributed by atoms with Crippen LogP contribution in [-0.4, -0.2) is 21.3 Å². The first kappa shape index (κ1) is 18.6. The summed E-state index contributed by atoms with van der Waals surface area (Å²) in [5.74, 6) is -1.49. The third kappa shape index (κ3) is 6.87. The Balaban J connectivity index is 2.82. The number of carboxylic acid groups (broad SMARTS) is 1. The first-order valence-corrected chi connectivity index (χ1v) is 7.54. The fraction of sp³-hybridized carbons (Fsp3) is 0.316. The molecule has 0 radical (unpaired) electrons. The number of aromatic hydroxyl groups is 2. The Kier molecular flexibility index (Phi) is 7.13. The van der Waals surface area contributed by atoms with Crippen LogP contribution in [0.2, 0.25) is 0 Å². The molecule has 4 heteroatoms. The molecule has 0 aromatic heterocycles. The second-order valence-electron chi connectivity index (χ2n) is 5.80. The minimum Gasteiger partial charge on any atom is -0.504 e. The molecule has 0 bridgehead atoms. The molecule has 23 heavy (non-hydrogen) atoms. The van der Waals surface area contributed by atoms with E-state index in [2.05, 4.69) is 19.9 Å². The van der Waals surface area contributed by atoms with Crippen molar-refractivity contribution in [2.75, 3.05) is 0 Å². The first-order chi connectivity index (χ1) is 10.8. The Bertz CT molecular complexity index is 647. The lowest BCUT2D eigenvalue weighted by molar-refractivity contribution is -0.132. The van der Waals surface area contributed by atoms with Gasteiger partial charge in [-0.1, -0.05) is 29.4 Å². The Morgan fingerprint density at radius 1 is 1.09 bits per heavy atom. The van der Waals surface area contributed by atoms with Gasteiger partial charge in [-0.15, -0.1) is 0 Å². The molecule has 1 rings (SSSR count). The Hall–Kier alpha value is -2.49. The molecule has 0 atom stereocenters. The van der Waals surface area contributed by atoms with Gasteiger partial charge in [0.2, 0.25) is 0 Å². The van der Waals surface area contributed by atoms with Gasteiger partial charge in [-0.2, -0.15) is 0 Å². The maximum Gasteiger partial charge on any atom is 0.331 e. The average Bonchev–Trinajstić information content (AvgIpc) is 2.46. The second kappa shape index (κ2) is 8.83. The van der Waals surface area contributed by atoms with E-state index in [0.29, 0.717) is 12.0 Å². The maximum atomic E-state index is 11.4. The Morgan fingerprint density at radius 2 is 1.78 bits per heavy atom. The number of hydrogen-bond acceptors (Lipinski definition) is 3. The van der Waals surface area contributed by atoms with Gasteiger partial charge in [-0.25, -0.2) is 4.79 Å². The number of phenolic OH excluding ortho intramolecular Hbond substituents is 2. The quantitative estimate of drug-likeness (QED) is 0.389. The van der Waals surface area contributed by atoms with E-state index in [1.165, 1.54) is 23.8 Å². The van der Waals surface area contributed by atoms with Crippen molar-refractivity contribution in [2.45, 2.75) is 40.0 Å². The minimum atomic E-state index is -0.995. The van der Waals surface area contributed by atoms with Crippen molar-refractivity contribution in [3.05, 3.63) is 52.6 Å². The van der Waals surface area contributed by atoms with Crippen molar-refractivity contribution < 1.29 is 20.1 Å². The van der Waals surface area contributed by atoms with Crippen LogP contribution in [0.5, 0.6) is 11.5 Å². The summed E-state index contributed by atoms with van der Waals surface area (Å²) in [7, 11) is 0. The van der Waals surface area contributed by atoms with E-state index in [-0.39, 0.29) is 17.1 Å². The van der Waals surface area contributed by atoms with E-state index in [1.807, 2.05) is 13.0 Å². The molecule has 1 aromatic carbocycles. The number of aliphatic carboxylic acids is 1. The Morgan fingerprint density at radius 3 is 2.35 bits per heavy atom. The van der Waals surface area contributed by atoms with E-state index in [0.717, 1.165) is 18.4 Å². The molecule has 0 unspecified atom stereocenters. The number of rotatable bonds is 7. The zero-order valence-electron chi connectivity index (χ0n) is 13.8. The first-order valence-electron chi connectivity index (χ1n) is 7.54. The molecule has 0 heterocycles. The fourth-order valence-corrected chi connectivity index (χ4v) is 2.01. The van der Waals surface area contributed by atoms with E-state index in [4.69, 9.17) is 0 Å². The van der Waals surface area contributed by atoms with Crippen molar-refractivity contribution >= 4 is 12.0 Å². The van der Waals surface area contributed by atoms with Crippen LogP contribution in [0.1, 0.15) is 45.6 Å². The molecule has 0 fully saturated rings. The number of benzene rings is 1. The van der Waals surface area contributed by atoms with E-state index < -0.39 is 5.97 Å². The fourth-order valence-electron chi connectivity index (χ4n) is 2.01. The normalized spacial score (nSPS) is 12.1. The van der Waals surface area contributed by atoms with Crippen LogP contribution in [0.4, 0.5) is 0 Å². The van der Waals surface area contributed by atoms with Gasteiger partial charge in [0.1, 0.15) is 0 Å². The predicted molar refractivity (Wildman–Crippen MR) is 92.4 cm³/mol. The largest absolute Gasteiger partial charge is 0.504 e. The number of allylic oxidation sites excluding steroid dienone is 4. The summed E-state index contributed by atoms with van der Waals surface area (Å²) in [4.78, 5) is 11.4. The summed E-state index contributed by atoms with van der Waals surface area (Å²) in [6.07, 6.45) is 7.74. The van der Waals surface area contributed by atoms with Crippen LogP contribution < -0.4 is 0 Å². The summed E-state index contributed by atoms with van der Waals surface area (Å²) < 4.78 is 0. The highest BCUT2D eigenvalue weighted by atomic mass is 16.4. The van der Waals surface area contributed by atoms with Gasteiger partial charge in [0.05, 0.1) is 0 Å². The molecule has 0 saturated carbocycles. The number of phenols is 2. The lowest BCUT2D eigenvalue weighted by Gasteiger charge is -2.03. The third-order valence-electron chi connectivity index (χ3n) is 3.38. The lowest BCUT2D eigenvalue weighted by atomic mass is 10.0. The minimum absolute atomic E-state index is 0.228. The van der Waals surface area contributed by atoms with Gasteiger partial charge in [0.15, 0.2) is 11.5 Å². The summed E-state index contributed by atoms with van der Waals surface area (Å²) >= 11 is 0. The van der Waals surface area contributed by atoms with Crippen molar-refractivity contribution in [3.8, 4) is 11.5 Å². The number of carbonyl (C=O) groups is 1. The van der Waals surface area contributed by atoms with E-state index in [1.54, 1.807) is 6.07 Å². The second-order valence-corrected chi connectivity index (χ2v) is 5.80. The summed E-state index contributed by atoms with van der Waals surface area (Å²) in [5.41, 5.74) is 3.18. The zero-order chi connectivity index (χ0) is 17.4. The predicted octanol–water partition coefficient (Wildman–Crippen LogP) is 4.65. The standard InChI is InChI=1S/C19H24O4/c1-13(2)5-4-6-14(3)7-9-16(19(22)23)11-15-8-10-17(20)18(21)12-15/h5,7-8,10-12,20-21H,4,6,9H2,1-3H3,(H,22,23). The van der Waals surface area contributed by atoms with Gasteiger partial charge in [0.25, 0.3) is 0 Å². The zero-order valence-corrected chi connectivity index (χ0v) is 13.8. The van der Waals surface area contributed by atoms with Crippen LogP contribution >= 0.6 is 0 Å². The summed E-state index contributed by atoms with van der Waals surface area (Å²) in [6.45, 7) is 6.10. The highest BCUT2D eigenvalue weighted by molar-refractivity contribution is 5.92. The van der Waals surface area contributed by atoms with Crippen molar-refractivity contribution in [2.24, 2.45) is 0 Å². The molecular weight excluding hydrogens is 292 g/mol. The number of hydrogen-bond donors (Lipinski definition) is 3. The van der Waals surface area contributed by atoms with Crippen molar-refractivity contribution in [3.63, 3.8) is 0 Å². The van der Waals surface area contributed by atoms with Gasteiger partial charge in [-0.05, 0) is 63.8 Å². The van der Waals surface area contributed by atoms with Crippen LogP contribution in [0.3, 0.4) is 0 Å². The molecule has 0 spiro atoms. The molecule has 0 amide bonds. The summed E-state index contributed by atoms with van der Waals surface area (Å²) in [5, 5.41) is 28.1. The molecule has 3 N–H and O–H groups in total. The van der Waals surface area contributed by atoms with Gasteiger partial charge in [-0.3, -0.25) is 0 Å². The van der Waals surface area contributed by atoms with Crippen molar-refractivity contribution in [1.82, 2.24) is 0 Å². The smallest absolute Gasteiger partial charge is 0.331 e. The average molecular weight is 316 g/mol. The third-order valence-corrected chi connectivity index (χ3v) is 3.38. The monoisotopic (exact) mass is 316 g/mol. The molecular formula is C19H24O4. The van der Waals surface area contributed by atoms with Crippen LogP contribution in [0, 0.1) is 0 Å². The highest BCUT2D eigenvalue weighted by Crippen LogP contribution is 2.26. The summed E-state index contributed by atoms with van der Waals surface area (Å²) in [6, 6.07) is 4.23. The van der Waals surface area contributed by atoms with E-state index >= 15 is 0 Å². The lowest BCUT2D eigenvalue weighted by Crippen LogP contribution is -1.99. The molecule has 124 valence electrons. The SMILES string of the molecule is CC(C)=CCCC(C)=CCC(=Cc1ccc(O)c(O)c1)C(=O)O. The molecule has 0 aliphatic rings. The molecule has 1 aromatic rings.